The number of anilines is 1. The number of nitrogens with two attached hydrogens (primary N) is 1. The van der Waals surface area contributed by atoms with Crippen molar-refractivity contribution < 1.29 is 19.1 Å². The molecule has 0 radical (unpaired) electrons. The van der Waals surface area contributed by atoms with Crippen molar-refractivity contribution in [2.75, 3.05) is 25.5 Å². The molecule has 2 aromatic rings. The molecule has 144 valence electrons. The molecule has 5 N–H and O–H groups in total. The fourth-order valence-corrected chi connectivity index (χ4v) is 3.81. The minimum atomic E-state index is -0.722. The lowest BCUT2D eigenvalue weighted by atomic mass is 10.1. The molecule has 3 rings (SSSR count). The van der Waals surface area contributed by atoms with Crippen molar-refractivity contribution in [1.29, 1.82) is 0 Å². The molecule has 1 aliphatic heterocycles. The highest BCUT2D eigenvalue weighted by atomic mass is 32.1. The predicted octanol–water partition coefficient (Wildman–Crippen LogP) is 2.75. The van der Waals surface area contributed by atoms with Crippen LogP contribution in [0.25, 0.3) is 10.4 Å². The molecule has 1 aromatic carbocycles. The molecule has 1 aliphatic rings. The second-order valence-electron chi connectivity index (χ2n) is 6.10. The van der Waals surface area contributed by atoms with Gasteiger partial charge in [0.25, 0.3) is 0 Å². The first-order valence-corrected chi connectivity index (χ1v) is 9.40. The van der Waals surface area contributed by atoms with Crippen molar-refractivity contribution >= 4 is 28.5 Å². The SMILES string of the molecule is COc1ccc(-c2cc(OC(=O)NC3CCCNC3)c(NC(N)=O)s2)cc1. The number of methoxy groups -OCH3 is 1. The van der Waals surface area contributed by atoms with Crippen LogP contribution in [-0.4, -0.2) is 38.4 Å². The Bertz CT molecular complexity index is 800. The van der Waals surface area contributed by atoms with Gasteiger partial charge in [-0.1, -0.05) is 0 Å². The Morgan fingerprint density at radius 2 is 2.07 bits per heavy atom. The number of carbonyl (C=O) groups is 2. The lowest BCUT2D eigenvalue weighted by Crippen LogP contribution is -2.46. The molecular weight excluding hydrogens is 368 g/mol. The van der Waals surface area contributed by atoms with E-state index in [1.807, 2.05) is 24.3 Å². The zero-order valence-corrected chi connectivity index (χ0v) is 15.7. The summed E-state index contributed by atoms with van der Waals surface area (Å²) >= 11 is 1.27. The van der Waals surface area contributed by atoms with Gasteiger partial charge in [0.15, 0.2) is 5.75 Å². The quantitative estimate of drug-likeness (QED) is 0.627. The third-order valence-electron chi connectivity index (χ3n) is 4.13. The standard InChI is InChI=1S/C18H22N4O4S/c1-25-13-6-4-11(5-7-13)15-9-14(16(27-15)22-17(19)23)26-18(24)21-12-3-2-8-20-10-12/h4-7,9,12,20H,2-3,8,10H2,1H3,(H,21,24)(H3,19,22,23). The number of rotatable bonds is 5. The van der Waals surface area contributed by atoms with Crippen molar-refractivity contribution in [1.82, 2.24) is 10.6 Å². The number of piperidine rings is 1. The number of hydrogen-bond donors (Lipinski definition) is 4. The molecule has 1 atom stereocenters. The van der Waals surface area contributed by atoms with E-state index in [9.17, 15) is 9.59 Å². The van der Waals surface area contributed by atoms with Gasteiger partial charge >= 0.3 is 12.1 Å². The second kappa shape index (κ2) is 8.74. The van der Waals surface area contributed by atoms with Crippen molar-refractivity contribution in [3.05, 3.63) is 30.3 Å². The average Bonchev–Trinajstić information content (AvgIpc) is 3.04. The highest BCUT2D eigenvalue weighted by Gasteiger charge is 2.20. The number of thiophene rings is 1. The zero-order chi connectivity index (χ0) is 19.2. The van der Waals surface area contributed by atoms with Gasteiger partial charge < -0.3 is 25.8 Å². The molecule has 1 aromatic heterocycles. The van der Waals surface area contributed by atoms with Crippen LogP contribution in [0.3, 0.4) is 0 Å². The minimum Gasteiger partial charge on any atom is -0.497 e. The molecular formula is C18H22N4O4S. The second-order valence-corrected chi connectivity index (χ2v) is 7.15. The normalized spacial score (nSPS) is 16.4. The largest absolute Gasteiger partial charge is 0.497 e. The van der Waals surface area contributed by atoms with Crippen LogP contribution in [0.2, 0.25) is 0 Å². The van der Waals surface area contributed by atoms with E-state index in [1.54, 1.807) is 13.2 Å². The Balaban J connectivity index is 1.76. The summed E-state index contributed by atoms with van der Waals surface area (Å²) in [5.74, 6) is 0.994. The summed E-state index contributed by atoms with van der Waals surface area (Å²) in [5, 5.41) is 8.95. The number of ether oxygens (including phenoxy) is 2. The number of hydrogen-bond acceptors (Lipinski definition) is 6. The number of carbonyl (C=O) groups excluding carboxylic acids is 2. The van der Waals surface area contributed by atoms with E-state index < -0.39 is 12.1 Å². The fraction of sp³-hybridized carbons (Fsp3) is 0.333. The minimum absolute atomic E-state index is 0.0264. The van der Waals surface area contributed by atoms with E-state index in [2.05, 4.69) is 16.0 Å². The maximum atomic E-state index is 12.2. The molecule has 0 bridgehead atoms. The Hall–Kier alpha value is -2.78. The Kier molecular flexibility index (Phi) is 6.15. The first-order valence-electron chi connectivity index (χ1n) is 8.59. The number of primary amides is 1. The van der Waals surface area contributed by atoms with Crippen LogP contribution in [-0.2, 0) is 0 Å². The summed E-state index contributed by atoms with van der Waals surface area (Å²) in [6, 6.07) is 8.44. The Morgan fingerprint density at radius 1 is 1.30 bits per heavy atom. The molecule has 9 heteroatoms. The fourth-order valence-electron chi connectivity index (χ4n) is 2.82. The summed E-state index contributed by atoms with van der Waals surface area (Å²) in [7, 11) is 1.60. The Morgan fingerprint density at radius 3 is 2.70 bits per heavy atom. The van der Waals surface area contributed by atoms with E-state index in [0.29, 0.717) is 11.5 Å². The summed E-state index contributed by atoms with van der Waals surface area (Å²) in [6.45, 7) is 1.66. The first-order chi connectivity index (χ1) is 13.0. The number of nitrogens with one attached hydrogen (secondary N) is 3. The highest BCUT2D eigenvalue weighted by molar-refractivity contribution is 7.20. The molecule has 8 nitrogen and oxygen atoms in total. The van der Waals surface area contributed by atoms with E-state index in [-0.39, 0.29) is 11.8 Å². The number of urea groups is 1. The lowest BCUT2D eigenvalue weighted by molar-refractivity contribution is 0.193. The van der Waals surface area contributed by atoms with Crippen LogP contribution in [0, 0.1) is 0 Å². The molecule has 0 spiro atoms. The molecule has 27 heavy (non-hydrogen) atoms. The Labute approximate surface area is 161 Å². The summed E-state index contributed by atoms with van der Waals surface area (Å²) < 4.78 is 10.6. The topological polar surface area (TPSA) is 115 Å². The molecule has 0 saturated carbocycles. The molecule has 2 heterocycles. The average molecular weight is 390 g/mol. The van der Waals surface area contributed by atoms with Crippen LogP contribution < -0.4 is 31.2 Å². The molecule has 0 aliphatic carbocycles. The van der Waals surface area contributed by atoms with E-state index in [4.69, 9.17) is 15.2 Å². The molecule has 1 unspecified atom stereocenters. The van der Waals surface area contributed by atoms with Gasteiger partial charge in [0.05, 0.1) is 7.11 Å². The van der Waals surface area contributed by atoms with Crippen molar-refractivity contribution in [2.45, 2.75) is 18.9 Å². The van der Waals surface area contributed by atoms with Gasteiger partial charge in [0.2, 0.25) is 0 Å². The van der Waals surface area contributed by atoms with Crippen molar-refractivity contribution in [2.24, 2.45) is 5.73 Å². The van der Waals surface area contributed by atoms with Crippen molar-refractivity contribution in [3.63, 3.8) is 0 Å². The summed E-state index contributed by atoms with van der Waals surface area (Å²) in [5.41, 5.74) is 6.14. The highest BCUT2D eigenvalue weighted by Crippen LogP contribution is 2.41. The zero-order valence-electron chi connectivity index (χ0n) is 14.9. The van der Waals surface area contributed by atoms with Crippen LogP contribution in [0.15, 0.2) is 30.3 Å². The number of amides is 3. The van der Waals surface area contributed by atoms with Gasteiger partial charge in [-0.05, 0) is 49.2 Å². The predicted molar refractivity (Wildman–Crippen MR) is 105 cm³/mol. The van der Waals surface area contributed by atoms with Crippen LogP contribution >= 0.6 is 11.3 Å². The molecule has 1 fully saturated rings. The molecule has 3 amide bonds. The van der Waals surface area contributed by atoms with Gasteiger partial charge in [-0.25, -0.2) is 9.59 Å². The van der Waals surface area contributed by atoms with Crippen LogP contribution in [0.5, 0.6) is 11.5 Å². The van der Waals surface area contributed by atoms with Crippen molar-refractivity contribution in [3.8, 4) is 21.9 Å². The summed E-state index contributed by atoms with van der Waals surface area (Å²) in [4.78, 5) is 24.3. The maximum absolute atomic E-state index is 12.2. The van der Waals surface area contributed by atoms with Gasteiger partial charge in [-0.3, -0.25) is 5.32 Å². The van der Waals surface area contributed by atoms with Gasteiger partial charge in [0, 0.05) is 23.5 Å². The van der Waals surface area contributed by atoms with Crippen LogP contribution in [0.4, 0.5) is 14.6 Å². The van der Waals surface area contributed by atoms with Gasteiger partial charge in [-0.2, -0.15) is 0 Å². The van der Waals surface area contributed by atoms with Gasteiger partial charge in [-0.15, -0.1) is 11.3 Å². The molecule has 1 saturated heterocycles. The van der Waals surface area contributed by atoms with E-state index in [0.717, 1.165) is 35.6 Å². The van der Waals surface area contributed by atoms with E-state index >= 15 is 0 Å². The van der Waals surface area contributed by atoms with Crippen LogP contribution in [0.1, 0.15) is 12.8 Å². The lowest BCUT2D eigenvalue weighted by Gasteiger charge is -2.23. The van der Waals surface area contributed by atoms with Gasteiger partial charge in [0.1, 0.15) is 10.8 Å². The maximum Gasteiger partial charge on any atom is 0.412 e. The number of benzene rings is 1. The smallest absolute Gasteiger partial charge is 0.412 e. The first kappa shape index (κ1) is 19.0. The van der Waals surface area contributed by atoms with E-state index in [1.165, 1.54) is 11.3 Å². The third-order valence-corrected chi connectivity index (χ3v) is 5.21. The summed E-state index contributed by atoms with van der Waals surface area (Å²) in [6.07, 6.45) is 1.34. The third kappa shape index (κ3) is 5.11. The monoisotopic (exact) mass is 390 g/mol.